The van der Waals surface area contributed by atoms with Gasteiger partial charge >= 0.3 is 5.97 Å². The monoisotopic (exact) mass is 319 g/mol. The second kappa shape index (κ2) is 6.92. The second-order valence-electron chi connectivity index (χ2n) is 5.29. The largest absolute Gasteiger partial charge is 0.478 e. The van der Waals surface area contributed by atoms with Crippen molar-refractivity contribution in [1.82, 2.24) is 0 Å². The van der Waals surface area contributed by atoms with Crippen molar-refractivity contribution in [3.8, 4) is 11.1 Å². The van der Waals surface area contributed by atoms with E-state index in [2.05, 4.69) is 0 Å². The molecular weight excluding hydrogens is 302 g/mol. The first-order chi connectivity index (χ1) is 10.4. The molecule has 0 bridgehead atoms. The van der Waals surface area contributed by atoms with E-state index in [1.54, 1.807) is 0 Å². The Kier molecular flexibility index (Phi) is 5.19. The van der Waals surface area contributed by atoms with Gasteiger partial charge in [-0.05, 0) is 41.7 Å². The smallest absolute Gasteiger partial charge is 0.350 e. The molecule has 2 aromatic carbocycles. The third-order valence-corrected chi connectivity index (χ3v) is 3.74. The Hall–Kier alpha value is -1.88. The summed E-state index contributed by atoms with van der Waals surface area (Å²) in [7, 11) is 0. The van der Waals surface area contributed by atoms with E-state index >= 15 is 0 Å². The van der Waals surface area contributed by atoms with Crippen molar-refractivity contribution in [1.29, 1.82) is 0 Å². The van der Waals surface area contributed by atoms with Crippen LogP contribution in [-0.2, 0) is 11.2 Å². The highest BCUT2D eigenvalue weighted by atomic mass is 35.5. The minimum atomic E-state index is -2.15. The third kappa shape index (κ3) is 4.31. The molecular formula is C17H18ClNO3. The molecule has 5 heteroatoms. The van der Waals surface area contributed by atoms with E-state index in [-0.39, 0.29) is 6.42 Å². The first-order valence-corrected chi connectivity index (χ1v) is 7.36. The van der Waals surface area contributed by atoms with Crippen LogP contribution in [0.4, 0.5) is 0 Å². The molecule has 0 saturated heterocycles. The topological polar surface area (TPSA) is 83.5 Å². The molecule has 0 saturated carbocycles. The molecule has 0 heterocycles. The number of aliphatic carboxylic acids is 1. The SMILES string of the molecule is N[C@@](O)(CCCc1ccc(-c2cccc(Cl)c2)cc1)C(=O)O. The molecule has 0 aromatic heterocycles. The van der Waals surface area contributed by atoms with Gasteiger partial charge < -0.3 is 10.2 Å². The maximum absolute atomic E-state index is 10.7. The van der Waals surface area contributed by atoms with Gasteiger partial charge in [0, 0.05) is 11.4 Å². The van der Waals surface area contributed by atoms with Gasteiger partial charge in [-0.15, -0.1) is 0 Å². The van der Waals surface area contributed by atoms with Crippen molar-refractivity contribution < 1.29 is 15.0 Å². The average Bonchev–Trinajstić information content (AvgIpc) is 2.47. The van der Waals surface area contributed by atoms with Crippen molar-refractivity contribution in [3.05, 3.63) is 59.1 Å². The zero-order valence-electron chi connectivity index (χ0n) is 12.0. The molecule has 4 N–H and O–H groups in total. The van der Waals surface area contributed by atoms with Crippen LogP contribution in [0.3, 0.4) is 0 Å². The minimum absolute atomic E-state index is 0.0123. The lowest BCUT2D eigenvalue weighted by atomic mass is 10.00. The number of hydrogen-bond acceptors (Lipinski definition) is 3. The summed E-state index contributed by atoms with van der Waals surface area (Å²) < 4.78 is 0. The lowest BCUT2D eigenvalue weighted by Gasteiger charge is -2.17. The number of halogens is 1. The summed E-state index contributed by atoms with van der Waals surface area (Å²) in [4.78, 5) is 10.7. The summed E-state index contributed by atoms with van der Waals surface area (Å²) in [6, 6.07) is 15.6. The maximum Gasteiger partial charge on any atom is 0.350 e. The van der Waals surface area contributed by atoms with E-state index in [0.29, 0.717) is 17.9 Å². The molecule has 116 valence electrons. The van der Waals surface area contributed by atoms with Crippen molar-refractivity contribution in [3.63, 3.8) is 0 Å². The Balaban J connectivity index is 1.97. The average molecular weight is 320 g/mol. The van der Waals surface area contributed by atoms with Gasteiger partial charge in [-0.1, -0.05) is 48.0 Å². The Morgan fingerprint density at radius 1 is 1.14 bits per heavy atom. The highest BCUT2D eigenvalue weighted by Gasteiger charge is 2.29. The Bertz CT molecular complexity index is 653. The van der Waals surface area contributed by atoms with Crippen LogP contribution in [0.5, 0.6) is 0 Å². The van der Waals surface area contributed by atoms with Crippen molar-refractivity contribution in [2.75, 3.05) is 0 Å². The van der Waals surface area contributed by atoms with Crippen LogP contribution >= 0.6 is 11.6 Å². The summed E-state index contributed by atoms with van der Waals surface area (Å²) in [5, 5.41) is 18.9. The van der Waals surface area contributed by atoms with Crippen LogP contribution in [0.15, 0.2) is 48.5 Å². The molecule has 2 rings (SSSR count). The number of hydrogen-bond donors (Lipinski definition) is 3. The highest BCUT2D eigenvalue weighted by molar-refractivity contribution is 6.30. The molecule has 0 aliphatic heterocycles. The molecule has 0 aliphatic rings. The van der Waals surface area contributed by atoms with Crippen molar-refractivity contribution >= 4 is 17.6 Å². The highest BCUT2D eigenvalue weighted by Crippen LogP contribution is 2.23. The number of carbonyl (C=O) groups is 1. The molecule has 22 heavy (non-hydrogen) atoms. The zero-order valence-corrected chi connectivity index (χ0v) is 12.8. The summed E-state index contributed by atoms with van der Waals surface area (Å²) in [6.45, 7) is 0. The fourth-order valence-corrected chi connectivity index (χ4v) is 2.39. The first-order valence-electron chi connectivity index (χ1n) is 6.98. The fourth-order valence-electron chi connectivity index (χ4n) is 2.20. The predicted octanol–water partition coefficient (Wildman–Crippen LogP) is 3.06. The van der Waals surface area contributed by atoms with Gasteiger partial charge in [0.25, 0.3) is 0 Å². The van der Waals surface area contributed by atoms with Crippen molar-refractivity contribution in [2.24, 2.45) is 5.73 Å². The molecule has 1 atom stereocenters. The van der Waals surface area contributed by atoms with E-state index in [9.17, 15) is 9.90 Å². The number of benzene rings is 2. The van der Waals surface area contributed by atoms with E-state index in [1.165, 1.54) is 0 Å². The van der Waals surface area contributed by atoms with Gasteiger partial charge in [0.05, 0.1) is 0 Å². The summed E-state index contributed by atoms with van der Waals surface area (Å²) in [6.07, 6.45) is 1.16. The summed E-state index contributed by atoms with van der Waals surface area (Å²) >= 11 is 5.98. The molecule has 0 amide bonds. The maximum atomic E-state index is 10.7. The van der Waals surface area contributed by atoms with E-state index in [4.69, 9.17) is 22.4 Å². The summed E-state index contributed by atoms with van der Waals surface area (Å²) in [5.41, 5.74) is 6.30. The first kappa shape index (κ1) is 16.5. The third-order valence-electron chi connectivity index (χ3n) is 3.51. The normalized spacial score (nSPS) is 13.6. The van der Waals surface area contributed by atoms with Crippen LogP contribution < -0.4 is 5.73 Å². The molecule has 0 spiro atoms. The quantitative estimate of drug-likeness (QED) is 0.714. The number of rotatable bonds is 6. The fraction of sp³-hybridized carbons (Fsp3) is 0.235. The molecule has 0 unspecified atom stereocenters. The standard InChI is InChI=1S/C17H18ClNO3/c18-15-5-1-4-14(11-15)13-8-6-12(7-9-13)3-2-10-17(19,22)16(20)21/h1,4-9,11,22H,2-3,10,19H2,(H,20,21)/t17-/m1/s1. The van der Waals surface area contributed by atoms with Crippen molar-refractivity contribution in [2.45, 2.75) is 25.0 Å². The van der Waals surface area contributed by atoms with Gasteiger partial charge in [0.15, 0.2) is 0 Å². The van der Waals surface area contributed by atoms with Crippen LogP contribution in [0, 0.1) is 0 Å². The molecule has 0 fully saturated rings. The Morgan fingerprint density at radius 3 is 2.41 bits per heavy atom. The zero-order chi connectivity index (χ0) is 16.2. The van der Waals surface area contributed by atoms with Crippen LogP contribution in [0.1, 0.15) is 18.4 Å². The molecule has 4 nitrogen and oxygen atoms in total. The van der Waals surface area contributed by atoms with E-state index < -0.39 is 11.7 Å². The van der Waals surface area contributed by atoms with Crippen LogP contribution in [0.25, 0.3) is 11.1 Å². The minimum Gasteiger partial charge on any atom is -0.478 e. The Morgan fingerprint density at radius 2 is 1.82 bits per heavy atom. The number of nitrogens with two attached hydrogens (primary N) is 1. The van der Waals surface area contributed by atoms with Gasteiger partial charge in [-0.25, -0.2) is 4.79 Å². The lowest BCUT2D eigenvalue weighted by molar-refractivity contribution is -0.158. The number of carboxylic acids is 1. The molecule has 2 aromatic rings. The number of carboxylic acid groups (broad SMARTS) is 1. The second-order valence-corrected chi connectivity index (χ2v) is 5.73. The molecule has 0 aliphatic carbocycles. The van der Waals surface area contributed by atoms with Crippen LogP contribution in [0.2, 0.25) is 5.02 Å². The van der Waals surface area contributed by atoms with Gasteiger partial charge in [-0.3, -0.25) is 5.73 Å². The van der Waals surface area contributed by atoms with E-state index in [1.807, 2.05) is 48.5 Å². The molecule has 0 radical (unpaired) electrons. The van der Waals surface area contributed by atoms with Gasteiger partial charge in [0.1, 0.15) is 0 Å². The number of aliphatic hydroxyl groups is 1. The summed E-state index contributed by atoms with van der Waals surface area (Å²) in [5.74, 6) is -1.40. The van der Waals surface area contributed by atoms with Gasteiger partial charge in [0.2, 0.25) is 5.72 Å². The van der Waals surface area contributed by atoms with E-state index in [0.717, 1.165) is 16.7 Å². The van der Waals surface area contributed by atoms with Gasteiger partial charge in [-0.2, -0.15) is 0 Å². The lowest BCUT2D eigenvalue weighted by Crippen LogP contribution is -2.47. The number of aryl methyl sites for hydroxylation is 1. The van der Waals surface area contributed by atoms with Crippen LogP contribution in [-0.4, -0.2) is 21.9 Å². The Labute approximate surface area is 134 Å². The predicted molar refractivity (Wildman–Crippen MR) is 86.6 cm³/mol.